The van der Waals surface area contributed by atoms with Crippen LogP contribution in [0.2, 0.25) is 0 Å². The Labute approximate surface area is 261 Å². The van der Waals surface area contributed by atoms with Crippen molar-refractivity contribution in [2.24, 2.45) is 33.8 Å². The molecule has 0 fully saturated rings. The minimum absolute atomic E-state index is 0.0345. The first kappa shape index (κ1) is 39.9. The average Bonchev–Trinajstić information content (AvgIpc) is 2.96. The molecule has 0 aromatic carbocycles. The Morgan fingerprint density at radius 2 is 1.34 bits per heavy atom. The van der Waals surface area contributed by atoms with E-state index in [-0.39, 0.29) is 49.9 Å². The number of carbonyl (C=O) groups excluding carboxylic acids is 6. The third-order valence-corrected chi connectivity index (χ3v) is 6.80. The summed E-state index contributed by atoms with van der Waals surface area (Å²) in [5.41, 5.74) is 21.7. The first-order chi connectivity index (χ1) is 20.5. The molecule has 0 saturated heterocycles. The molecule has 0 aliphatic rings. The van der Waals surface area contributed by atoms with Gasteiger partial charge in [0.05, 0.1) is 6.04 Å². The Bertz CT molecular complexity index is 1060. The number of carboxylic acids is 1. The molecule has 0 aliphatic heterocycles. The Balaban J connectivity index is 5.47. The van der Waals surface area contributed by atoms with Gasteiger partial charge in [0.1, 0.15) is 30.7 Å². The minimum atomic E-state index is -1.30. The lowest BCUT2D eigenvalue weighted by molar-refractivity contribution is -0.138. The molecule has 0 rings (SSSR count). The van der Waals surface area contributed by atoms with Crippen molar-refractivity contribution in [2.75, 3.05) is 18.8 Å². The number of aliphatic imine (C=N–C) groups is 1. The molecule has 0 spiro atoms. The van der Waals surface area contributed by atoms with E-state index in [1.807, 2.05) is 6.92 Å². The number of rotatable bonds is 21. The number of thiol groups is 1. The third kappa shape index (κ3) is 15.9. The fraction of sp³-hybridized carbons (Fsp3) is 0.680. The van der Waals surface area contributed by atoms with Gasteiger partial charge in [-0.2, -0.15) is 12.6 Å². The summed E-state index contributed by atoms with van der Waals surface area (Å²) in [5.74, 6) is -6.37. The molecule has 18 nitrogen and oxygen atoms in total. The van der Waals surface area contributed by atoms with Crippen LogP contribution in [0.4, 0.5) is 0 Å². The molecular formula is C25H46N10O8S. The number of carboxylic acid groups (broad SMARTS) is 1. The van der Waals surface area contributed by atoms with E-state index in [2.05, 4.69) is 44.2 Å². The first-order valence-electron chi connectivity index (χ1n) is 13.9. The fourth-order valence-electron chi connectivity index (χ4n) is 3.54. The molecular weight excluding hydrogens is 600 g/mol. The molecule has 250 valence electrons. The summed E-state index contributed by atoms with van der Waals surface area (Å²) in [6.07, 6.45) is 0.513. The van der Waals surface area contributed by atoms with Crippen LogP contribution in [0, 0.1) is 5.92 Å². The van der Waals surface area contributed by atoms with Crippen LogP contribution in [0.25, 0.3) is 0 Å². The van der Waals surface area contributed by atoms with Crippen molar-refractivity contribution in [1.82, 2.24) is 26.6 Å². The van der Waals surface area contributed by atoms with Crippen molar-refractivity contribution in [3.63, 3.8) is 0 Å². The van der Waals surface area contributed by atoms with Gasteiger partial charge in [0, 0.05) is 18.7 Å². The Kier molecular flexibility index (Phi) is 18.8. The van der Waals surface area contributed by atoms with Gasteiger partial charge in [-0.05, 0) is 32.1 Å². The molecule has 0 radical (unpaired) electrons. The number of nitrogens with one attached hydrogen (secondary N) is 5. The second-order valence-corrected chi connectivity index (χ2v) is 10.4. The summed E-state index contributed by atoms with van der Waals surface area (Å²) < 4.78 is 0. The maximum absolute atomic E-state index is 13.0. The van der Waals surface area contributed by atoms with Crippen LogP contribution in [-0.2, 0) is 33.6 Å². The lowest BCUT2D eigenvalue weighted by Crippen LogP contribution is -2.59. The van der Waals surface area contributed by atoms with Gasteiger partial charge in [-0.25, -0.2) is 0 Å². The number of nitrogens with two attached hydrogens (primary N) is 4. The van der Waals surface area contributed by atoms with E-state index in [1.165, 1.54) is 6.92 Å². The van der Waals surface area contributed by atoms with Gasteiger partial charge in [-0.3, -0.25) is 38.6 Å². The molecule has 6 amide bonds. The summed E-state index contributed by atoms with van der Waals surface area (Å²) in [7, 11) is 0. The molecule has 14 N–H and O–H groups in total. The van der Waals surface area contributed by atoms with Crippen LogP contribution in [0.1, 0.15) is 52.9 Å². The van der Waals surface area contributed by atoms with Crippen molar-refractivity contribution >= 4 is 60.0 Å². The van der Waals surface area contributed by atoms with Gasteiger partial charge in [0.15, 0.2) is 5.96 Å². The summed E-state index contributed by atoms with van der Waals surface area (Å²) >= 11 is 4.09. The van der Waals surface area contributed by atoms with Gasteiger partial charge < -0.3 is 54.6 Å². The zero-order valence-electron chi connectivity index (χ0n) is 25.1. The monoisotopic (exact) mass is 646 g/mol. The van der Waals surface area contributed by atoms with E-state index in [4.69, 9.17) is 28.0 Å². The van der Waals surface area contributed by atoms with Crippen LogP contribution in [-0.4, -0.2) is 102 Å². The van der Waals surface area contributed by atoms with Crippen LogP contribution in [0.5, 0.6) is 0 Å². The third-order valence-electron chi connectivity index (χ3n) is 6.43. The molecule has 0 aromatic heterocycles. The molecule has 0 saturated carbocycles. The van der Waals surface area contributed by atoms with Crippen molar-refractivity contribution in [1.29, 1.82) is 0 Å². The topological polar surface area (TPSA) is 316 Å². The fourth-order valence-corrected chi connectivity index (χ4v) is 3.79. The van der Waals surface area contributed by atoms with Gasteiger partial charge in [-0.15, -0.1) is 0 Å². The van der Waals surface area contributed by atoms with Crippen LogP contribution in [0.15, 0.2) is 4.99 Å². The number of guanidine groups is 1. The number of hydrogen-bond donors (Lipinski definition) is 11. The van der Waals surface area contributed by atoms with E-state index >= 15 is 0 Å². The number of carbonyl (C=O) groups is 7. The first-order valence-corrected chi connectivity index (χ1v) is 14.6. The molecule has 19 heteroatoms. The molecule has 0 aliphatic carbocycles. The Morgan fingerprint density at radius 3 is 1.86 bits per heavy atom. The molecule has 0 heterocycles. The zero-order chi connectivity index (χ0) is 34.0. The van der Waals surface area contributed by atoms with Crippen LogP contribution < -0.4 is 49.5 Å². The summed E-state index contributed by atoms with van der Waals surface area (Å²) in [6.45, 7) is 4.38. The van der Waals surface area contributed by atoms with E-state index < -0.39 is 78.2 Å². The highest BCUT2D eigenvalue weighted by molar-refractivity contribution is 7.80. The van der Waals surface area contributed by atoms with E-state index in [0.29, 0.717) is 6.42 Å². The van der Waals surface area contributed by atoms with E-state index in [1.54, 1.807) is 6.92 Å². The molecule has 6 atom stereocenters. The highest BCUT2D eigenvalue weighted by atomic mass is 32.1. The number of primary amides is 1. The Morgan fingerprint density at radius 1 is 0.795 bits per heavy atom. The second kappa shape index (κ2) is 20.7. The molecule has 0 bridgehead atoms. The minimum Gasteiger partial charge on any atom is -0.480 e. The lowest BCUT2D eigenvalue weighted by Gasteiger charge is -2.25. The van der Waals surface area contributed by atoms with Crippen molar-refractivity contribution < 1.29 is 38.7 Å². The summed E-state index contributed by atoms with van der Waals surface area (Å²) in [4.78, 5) is 89.8. The van der Waals surface area contributed by atoms with E-state index in [0.717, 1.165) is 0 Å². The normalized spacial score (nSPS) is 14.8. The largest absolute Gasteiger partial charge is 0.480 e. The van der Waals surface area contributed by atoms with E-state index in [9.17, 15) is 33.6 Å². The van der Waals surface area contributed by atoms with Crippen molar-refractivity contribution in [3.05, 3.63) is 0 Å². The second-order valence-electron chi connectivity index (χ2n) is 10.1. The predicted molar refractivity (Wildman–Crippen MR) is 164 cm³/mol. The van der Waals surface area contributed by atoms with Crippen LogP contribution in [0.3, 0.4) is 0 Å². The highest BCUT2D eigenvalue weighted by Gasteiger charge is 2.30. The van der Waals surface area contributed by atoms with Gasteiger partial charge in [-0.1, -0.05) is 20.3 Å². The zero-order valence-corrected chi connectivity index (χ0v) is 26.0. The maximum Gasteiger partial charge on any atom is 0.322 e. The SMILES string of the molecule is CCC(C)C(N)C(=O)NC(CCC(N)=O)C(=O)NC(C)C(=O)NC(CS)C(=O)NC(CCCN=C(N)N)C(=O)NCC(=O)O. The van der Waals surface area contributed by atoms with Gasteiger partial charge in [0.2, 0.25) is 35.4 Å². The number of amides is 6. The molecule has 6 unspecified atom stereocenters. The lowest BCUT2D eigenvalue weighted by atomic mass is 9.98. The smallest absolute Gasteiger partial charge is 0.322 e. The summed E-state index contributed by atoms with van der Waals surface area (Å²) in [6, 6.07) is -5.82. The van der Waals surface area contributed by atoms with Crippen molar-refractivity contribution in [2.45, 2.75) is 83.1 Å². The standard InChI is InChI=1S/C25H46N10O8S/c1-4-12(2)19(27)24(43)34-15(7-8-17(26)36)22(41)32-13(3)20(39)35-16(11-44)23(42)33-14(6-5-9-30-25(28)29)21(40)31-10-18(37)38/h12-16,19,44H,4-11,27H2,1-3H3,(H2,26,36)(H,31,40)(H,32,41)(H,33,42)(H,34,43)(H,35,39)(H,37,38)(H4,28,29,30). The summed E-state index contributed by atoms with van der Waals surface area (Å²) in [5, 5.41) is 20.8. The Hall–Kier alpha value is -4.13. The van der Waals surface area contributed by atoms with Crippen molar-refractivity contribution in [3.8, 4) is 0 Å². The molecule has 0 aromatic rings. The maximum atomic E-state index is 13.0. The van der Waals surface area contributed by atoms with Gasteiger partial charge in [0.25, 0.3) is 0 Å². The number of hydrogen-bond acceptors (Lipinski definition) is 10. The number of nitrogens with zero attached hydrogens (tertiary/aromatic N) is 1. The average molecular weight is 647 g/mol. The quantitative estimate of drug-likeness (QED) is 0.0246. The van der Waals surface area contributed by atoms with Gasteiger partial charge >= 0.3 is 5.97 Å². The van der Waals surface area contributed by atoms with Crippen LogP contribution >= 0.6 is 12.6 Å². The molecule has 44 heavy (non-hydrogen) atoms. The predicted octanol–water partition coefficient (Wildman–Crippen LogP) is -4.23. The number of aliphatic carboxylic acids is 1. The highest BCUT2D eigenvalue weighted by Crippen LogP contribution is 2.07.